The molecule has 2 aromatic carbocycles. The monoisotopic (exact) mass is 571 g/mol. The fourth-order valence-corrected chi connectivity index (χ4v) is 4.16. The fourth-order valence-electron chi connectivity index (χ4n) is 3.73. The second-order valence-corrected chi connectivity index (χ2v) is 10.3. The number of nitrogens with zero attached hydrogens (tertiary/aromatic N) is 1. The van der Waals surface area contributed by atoms with Gasteiger partial charge in [-0.3, -0.25) is 33.7 Å². The SMILES string of the molecule is CCNCCN(C(=O)CNC(=O)CNC(=O)CNC(=O)CSC(C)=O)C(=O)[C@@H](C)c1ccc2cc(C)ccc2c1. The zero-order valence-electron chi connectivity index (χ0n) is 23.3. The summed E-state index contributed by atoms with van der Waals surface area (Å²) in [5.74, 6) is -3.36. The van der Waals surface area contributed by atoms with Crippen molar-refractivity contribution in [3.8, 4) is 0 Å². The van der Waals surface area contributed by atoms with Crippen LogP contribution in [0.25, 0.3) is 10.8 Å². The number of fused-ring (bicyclic) bond motifs is 1. The lowest BCUT2D eigenvalue weighted by atomic mass is 9.96. The maximum Gasteiger partial charge on any atom is 0.248 e. The molecule has 1 atom stereocenters. The lowest BCUT2D eigenvalue weighted by Crippen LogP contribution is -2.49. The molecule has 0 aliphatic rings. The molecule has 2 aromatic rings. The highest BCUT2D eigenvalue weighted by molar-refractivity contribution is 8.14. The van der Waals surface area contributed by atoms with Crippen LogP contribution >= 0.6 is 11.8 Å². The van der Waals surface area contributed by atoms with E-state index < -0.39 is 42.6 Å². The summed E-state index contributed by atoms with van der Waals surface area (Å²) in [5, 5.41) is 12.0. The van der Waals surface area contributed by atoms with Crippen LogP contribution in [0.15, 0.2) is 36.4 Å². The van der Waals surface area contributed by atoms with Crippen LogP contribution < -0.4 is 21.3 Å². The van der Waals surface area contributed by atoms with Crippen LogP contribution in [0, 0.1) is 6.92 Å². The van der Waals surface area contributed by atoms with Crippen molar-refractivity contribution in [3.05, 3.63) is 47.5 Å². The number of rotatable bonds is 14. The minimum atomic E-state index is -0.628. The molecule has 0 bridgehead atoms. The first-order valence-electron chi connectivity index (χ1n) is 13.0. The summed E-state index contributed by atoms with van der Waals surface area (Å²) in [5.41, 5.74) is 1.92. The second kappa shape index (κ2) is 16.4. The van der Waals surface area contributed by atoms with Gasteiger partial charge in [0.05, 0.1) is 31.3 Å². The van der Waals surface area contributed by atoms with Crippen LogP contribution in [0.3, 0.4) is 0 Å². The predicted octanol–water partition coefficient (Wildman–Crippen LogP) is 0.845. The van der Waals surface area contributed by atoms with Gasteiger partial charge in [0, 0.05) is 20.0 Å². The minimum absolute atomic E-state index is 0.104. The molecular formula is C28H37N5O6S. The molecule has 12 heteroatoms. The first-order chi connectivity index (χ1) is 19.0. The fraction of sp³-hybridized carbons (Fsp3) is 0.429. The van der Waals surface area contributed by atoms with E-state index in [2.05, 4.69) is 27.3 Å². The summed E-state index contributed by atoms with van der Waals surface area (Å²) in [6.45, 7) is 7.02. The molecule has 216 valence electrons. The first-order valence-corrected chi connectivity index (χ1v) is 14.0. The maximum atomic E-state index is 13.4. The van der Waals surface area contributed by atoms with Crippen molar-refractivity contribution in [3.63, 3.8) is 0 Å². The molecule has 0 aliphatic carbocycles. The number of hydrogen-bond acceptors (Lipinski definition) is 8. The smallest absolute Gasteiger partial charge is 0.248 e. The van der Waals surface area contributed by atoms with Gasteiger partial charge in [-0.05, 0) is 36.7 Å². The van der Waals surface area contributed by atoms with Gasteiger partial charge in [-0.2, -0.15) is 0 Å². The molecule has 2 rings (SSSR count). The molecule has 0 spiro atoms. The Hall–Kier alpha value is -3.77. The Kier molecular flexibility index (Phi) is 13.3. The topological polar surface area (TPSA) is 154 Å². The van der Waals surface area contributed by atoms with E-state index in [0.29, 0.717) is 13.1 Å². The highest BCUT2D eigenvalue weighted by Gasteiger charge is 2.27. The third-order valence-corrected chi connectivity index (χ3v) is 6.77. The Balaban J connectivity index is 1.92. The van der Waals surface area contributed by atoms with Gasteiger partial charge in [-0.25, -0.2) is 0 Å². The summed E-state index contributed by atoms with van der Waals surface area (Å²) in [6, 6.07) is 11.8. The standard InChI is InChI=1S/C28H37N5O6S/c1-5-29-10-11-33(28(39)19(3)21-8-9-22-12-18(2)6-7-23(22)13-21)27(38)16-32-25(36)14-30-24(35)15-31-26(37)17-40-20(4)34/h6-9,12-13,19,29H,5,10-11,14-17H2,1-4H3,(H,30,35)(H,31,37)(H,32,36)/t19-/m0/s1. The van der Waals surface area contributed by atoms with E-state index in [9.17, 15) is 28.8 Å². The van der Waals surface area contributed by atoms with Crippen molar-refractivity contribution in [1.82, 2.24) is 26.2 Å². The molecule has 4 N–H and O–H groups in total. The van der Waals surface area contributed by atoms with Gasteiger partial charge in [-0.15, -0.1) is 0 Å². The quantitative estimate of drug-likeness (QED) is 0.243. The van der Waals surface area contributed by atoms with E-state index in [1.54, 1.807) is 6.92 Å². The summed E-state index contributed by atoms with van der Waals surface area (Å²) >= 11 is 0.819. The number of nitrogens with one attached hydrogen (secondary N) is 4. The molecule has 40 heavy (non-hydrogen) atoms. The number of imide groups is 1. The molecule has 0 unspecified atom stereocenters. The van der Waals surface area contributed by atoms with E-state index in [1.807, 2.05) is 44.2 Å². The average Bonchev–Trinajstić information content (AvgIpc) is 2.93. The largest absolute Gasteiger partial charge is 0.346 e. The third kappa shape index (κ3) is 10.8. The summed E-state index contributed by atoms with van der Waals surface area (Å²) in [7, 11) is 0. The highest BCUT2D eigenvalue weighted by atomic mass is 32.2. The second-order valence-electron chi connectivity index (χ2n) is 9.18. The Morgan fingerprint density at radius 1 is 0.850 bits per heavy atom. The number of carbonyl (C=O) groups excluding carboxylic acids is 6. The Morgan fingerprint density at radius 3 is 2.10 bits per heavy atom. The first kappa shape index (κ1) is 32.4. The number of aryl methyl sites for hydroxylation is 1. The molecule has 0 aliphatic heterocycles. The Bertz CT molecular complexity index is 1250. The number of thioether (sulfide) groups is 1. The van der Waals surface area contributed by atoms with Crippen LogP contribution in [-0.2, 0) is 28.8 Å². The molecule has 0 saturated carbocycles. The number of amides is 5. The van der Waals surface area contributed by atoms with Crippen LogP contribution in [0.2, 0.25) is 0 Å². The Morgan fingerprint density at radius 2 is 1.45 bits per heavy atom. The summed E-state index contributed by atoms with van der Waals surface area (Å²) in [4.78, 5) is 74.1. The molecule has 0 aromatic heterocycles. The van der Waals surface area contributed by atoms with Crippen molar-refractivity contribution in [2.45, 2.75) is 33.6 Å². The molecule has 0 saturated heterocycles. The average molecular weight is 572 g/mol. The van der Waals surface area contributed by atoms with Gasteiger partial charge in [0.25, 0.3) is 0 Å². The van der Waals surface area contributed by atoms with Gasteiger partial charge >= 0.3 is 0 Å². The van der Waals surface area contributed by atoms with Crippen LogP contribution in [-0.4, -0.2) is 84.6 Å². The van der Waals surface area contributed by atoms with Gasteiger partial charge < -0.3 is 21.3 Å². The molecule has 5 amide bonds. The molecular weight excluding hydrogens is 534 g/mol. The zero-order chi connectivity index (χ0) is 29.7. The van der Waals surface area contributed by atoms with Gasteiger partial charge in [0.15, 0.2) is 5.12 Å². The number of benzene rings is 2. The van der Waals surface area contributed by atoms with E-state index in [0.717, 1.165) is 38.6 Å². The number of hydrogen-bond donors (Lipinski definition) is 4. The third-order valence-electron chi connectivity index (χ3n) is 5.96. The van der Waals surface area contributed by atoms with Gasteiger partial charge in [0.2, 0.25) is 29.5 Å². The van der Waals surface area contributed by atoms with Crippen LogP contribution in [0.4, 0.5) is 0 Å². The van der Waals surface area contributed by atoms with Crippen molar-refractivity contribution in [1.29, 1.82) is 0 Å². The lowest BCUT2D eigenvalue weighted by molar-refractivity contribution is -0.145. The van der Waals surface area contributed by atoms with Crippen molar-refractivity contribution < 1.29 is 28.8 Å². The Labute approximate surface area is 238 Å². The lowest BCUT2D eigenvalue weighted by Gasteiger charge is -2.25. The predicted molar refractivity (Wildman–Crippen MR) is 155 cm³/mol. The van der Waals surface area contributed by atoms with Crippen molar-refractivity contribution in [2.75, 3.05) is 45.0 Å². The highest BCUT2D eigenvalue weighted by Crippen LogP contribution is 2.24. The minimum Gasteiger partial charge on any atom is -0.346 e. The maximum absolute atomic E-state index is 13.4. The number of likely N-dealkylation sites (N-methyl/N-ethyl adjacent to an activating group) is 1. The van der Waals surface area contributed by atoms with Gasteiger partial charge in [-0.1, -0.05) is 60.6 Å². The van der Waals surface area contributed by atoms with Crippen molar-refractivity contribution >= 4 is 57.2 Å². The normalized spacial score (nSPS) is 11.4. The van der Waals surface area contributed by atoms with E-state index in [4.69, 9.17) is 0 Å². The van der Waals surface area contributed by atoms with E-state index in [1.165, 1.54) is 6.92 Å². The van der Waals surface area contributed by atoms with Crippen molar-refractivity contribution in [2.24, 2.45) is 0 Å². The molecule has 0 heterocycles. The number of carbonyl (C=O) groups is 6. The van der Waals surface area contributed by atoms with E-state index in [-0.39, 0.29) is 29.9 Å². The molecule has 0 radical (unpaired) electrons. The molecule has 0 fully saturated rings. The zero-order valence-corrected chi connectivity index (χ0v) is 24.1. The molecule has 11 nitrogen and oxygen atoms in total. The summed E-state index contributed by atoms with van der Waals surface area (Å²) in [6.07, 6.45) is 0. The summed E-state index contributed by atoms with van der Waals surface area (Å²) < 4.78 is 0. The van der Waals surface area contributed by atoms with E-state index >= 15 is 0 Å². The van der Waals surface area contributed by atoms with Crippen LogP contribution in [0.5, 0.6) is 0 Å². The van der Waals surface area contributed by atoms with Gasteiger partial charge in [0.1, 0.15) is 0 Å². The van der Waals surface area contributed by atoms with Crippen LogP contribution in [0.1, 0.15) is 37.8 Å².